The Morgan fingerprint density at radius 3 is 2.43 bits per heavy atom. The molecule has 1 aromatic heterocycles. The van der Waals surface area contributed by atoms with Crippen molar-refractivity contribution in [3.63, 3.8) is 0 Å². The summed E-state index contributed by atoms with van der Waals surface area (Å²) < 4.78 is 38.4. The maximum atomic E-state index is 12.5. The molecule has 112 valence electrons. The molecule has 0 bridgehead atoms. The van der Waals surface area contributed by atoms with Gasteiger partial charge in [-0.15, -0.1) is 0 Å². The Bertz CT molecular complexity index is 676. The predicted octanol–water partition coefficient (Wildman–Crippen LogP) is 4.91. The van der Waals surface area contributed by atoms with Gasteiger partial charge in [-0.25, -0.2) is 4.98 Å². The smallest absolute Gasteiger partial charge is 0.384 e. The topological polar surface area (TPSA) is 33.1 Å². The third-order valence-corrected chi connectivity index (χ3v) is 4.13. The number of aliphatic hydroxyl groups excluding tert-OH is 1. The first-order chi connectivity index (χ1) is 9.70. The average molecular weight is 381 g/mol. The molecule has 0 fully saturated rings. The SMILES string of the molecule is Cc1ccc(C(O)c2ccc(C(F)(F)F)nc2Cl)cc1Br. The first kappa shape index (κ1) is 16.3. The Labute approximate surface area is 132 Å². The number of alkyl halides is 3. The normalized spacial score (nSPS) is 13.3. The number of halogens is 5. The van der Waals surface area contributed by atoms with Crippen LogP contribution in [0.2, 0.25) is 5.15 Å². The molecule has 1 N–H and O–H groups in total. The molecular weight excluding hydrogens is 371 g/mol. The lowest BCUT2D eigenvalue weighted by molar-refractivity contribution is -0.141. The summed E-state index contributed by atoms with van der Waals surface area (Å²) in [5.74, 6) is 0. The zero-order valence-corrected chi connectivity index (χ0v) is 13.1. The van der Waals surface area contributed by atoms with Gasteiger partial charge in [-0.05, 0) is 30.2 Å². The average Bonchev–Trinajstić information content (AvgIpc) is 2.40. The summed E-state index contributed by atoms with van der Waals surface area (Å²) in [6.07, 6.45) is -5.72. The summed E-state index contributed by atoms with van der Waals surface area (Å²) in [4.78, 5) is 3.30. The minimum absolute atomic E-state index is 0.125. The summed E-state index contributed by atoms with van der Waals surface area (Å²) in [5.41, 5.74) is 0.521. The molecule has 1 heterocycles. The molecule has 2 rings (SSSR count). The number of hydrogen-bond donors (Lipinski definition) is 1. The van der Waals surface area contributed by atoms with E-state index in [0.717, 1.165) is 22.2 Å². The molecule has 0 saturated heterocycles. The number of aliphatic hydroxyl groups is 1. The van der Waals surface area contributed by atoms with Crippen LogP contribution in [0.15, 0.2) is 34.8 Å². The number of nitrogens with zero attached hydrogens (tertiary/aromatic N) is 1. The Kier molecular flexibility index (Phi) is 4.60. The summed E-state index contributed by atoms with van der Waals surface area (Å²) in [5, 5.41) is 9.89. The fourth-order valence-electron chi connectivity index (χ4n) is 1.77. The summed E-state index contributed by atoms with van der Waals surface area (Å²) in [6, 6.07) is 7.09. The quantitative estimate of drug-likeness (QED) is 0.751. The molecule has 0 amide bonds. The molecule has 0 aliphatic heterocycles. The van der Waals surface area contributed by atoms with E-state index >= 15 is 0 Å². The predicted molar refractivity (Wildman–Crippen MR) is 77.2 cm³/mol. The standard InChI is InChI=1S/C14H10BrClF3NO/c1-7-2-3-8(6-10(7)15)12(21)9-4-5-11(14(17,18)19)20-13(9)16/h2-6,12,21H,1H3. The number of hydrogen-bond acceptors (Lipinski definition) is 2. The van der Waals surface area contributed by atoms with Gasteiger partial charge < -0.3 is 5.11 Å². The number of aryl methyl sites for hydroxylation is 1. The van der Waals surface area contributed by atoms with Gasteiger partial charge >= 0.3 is 6.18 Å². The highest BCUT2D eigenvalue weighted by atomic mass is 79.9. The molecule has 1 atom stereocenters. The van der Waals surface area contributed by atoms with Crippen molar-refractivity contribution in [3.8, 4) is 0 Å². The molecule has 0 aliphatic carbocycles. The van der Waals surface area contributed by atoms with Crippen LogP contribution in [0.5, 0.6) is 0 Å². The van der Waals surface area contributed by atoms with Crippen LogP contribution in [0.25, 0.3) is 0 Å². The molecule has 7 heteroatoms. The first-order valence-electron chi connectivity index (χ1n) is 5.88. The zero-order valence-electron chi connectivity index (χ0n) is 10.7. The monoisotopic (exact) mass is 379 g/mol. The van der Waals surface area contributed by atoms with Crippen LogP contribution in [0.1, 0.15) is 28.5 Å². The number of rotatable bonds is 2. The van der Waals surface area contributed by atoms with E-state index < -0.39 is 18.0 Å². The van der Waals surface area contributed by atoms with Crippen molar-refractivity contribution in [1.29, 1.82) is 0 Å². The van der Waals surface area contributed by atoms with Gasteiger partial charge in [-0.2, -0.15) is 13.2 Å². The molecule has 21 heavy (non-hydrogen) atoms. The molecule has 0 saturated carbocycles. The summed E-state index contributed by atoms with van der Waals surface area (Å²) in [7, 11) is 0. The highest BCUT2D eigenvalue weighted by Crippen LogP contribution is 2.33. The second kappa shape index (κ2) is 5.94. The molecule has 0 spiro atoms. The molecule has 2 nitrogen and oxygen atoms in total. The van der Waals surface area contributed by atoms with Crippen molar-refractivity contribution in [2.75, 3.05) is 0 Å². The Morgan fingerprint density at radius 1 is 1.24 bits per heavy atom. The third-order valence-electron chi connectivity index (χ3n) is 2.97. The minimum Gasteiger partial charge on any atom is -0.384 e. The fraction of sp³-hybridized carbons (Fsp3) is 0.214. The van der Waals surface area contributed by atoms with Gasteiger partial charge in [0.05, 0.1) is 0 Å². The number of aromatic nitrogens is 1. The van der Waals surface area contributed by atoms with Gasteiger partial charge in [-0.3, -0.25) is 0 Å². The first-order valence-corrected chi connectivity index (χ1v) is 7.05. The summed E-state index contributed by atoms with van der Waals surface area (Å²) in [6.45, 7) is 1.88. The van der Waals surface area contributed by atoms with Crippen LogP contribution in [0, 0.1) is 6.92 Å². The molecular formula is C14H10BrClF3NO. The minimum atomic E-state index is -4.57. The molecule has 0 radical (unpaired) electrons. The highest BCUT2D eigenvalue weighted by molar-refractivity contribution is 9.10. The van der Waals surface area contributed by atoms with Crippen LogP contribution in [0.4, 0.5) is 13.2 Å². The molecule has 1 unspecified atom stereocenters. The molecule has 1 aromatic carbocycles. The van der Waals surface area contributed by atoms with Gasteiger partial charge in [0.25, 0.3) is 0 Å². The number of pyridine rings is 1. The lowest BCUT2D eigenvalue weighted by Crippen LogP contribution is -2.10. The van der Waals surface area contributed by atoms with Gasteiger partial charge in [0, 0.05) is 10.0 Å². The van der Waals surface area contributed by atoms with Crippen LogP contribution < -0.4 is 0 Å². The van der Waals surface area contributed by atoms with E-state index in [4.69, 9.17) is 11.6 Å². The van der Waals surface area contributed by atoms with E-state index in [-0.39, 0.29) is 10.7 Å². The maximum Gasteiger partial charge on any atom is 0.433 e. The van der Waals surface area contributed by atoms with Crippen molar-refractivity contribution >= 4 is 27.5 Å². The van der Waals surface area contributed by atoms with E-state index in [1.807, 2.05) is 6.92 Å². The fourth-order valence-corrected chi connectivity index (χ4v) is 2.42. The van der Waals surface area contributed by atoms with Gasteiger partial charge in [0.1, 0.15) is 17.0 Å². The van der Waals surface area contributed by atoms with E-state index in [0.29, 0.717) is 5.56 Å². The van der Waals surface area contributed by atoms with Gasteiger partial charge in [0.15, 0.2) is 0 Å². The lowest BCUT2D eigenvalue weighted by Gasteiger charge is -2.15. The summed E-state index contributed by atoms with van der Waals surface area (Å²) >= 11 is 9.10. The second-order valence-corrected chi connectivity index (χ2v) is 5.70. The van der Waals surface area contributed by atoms with E-state index in [9.17, 15) is 18.3 Å². The van der Waals surface area contributed by atoms with Crippen molar-refractivity contribution < 1.29 is 18.3 Å². The Balaban J connectivity index is 2.39. The van der Waals surface area contributed by atoms with E-state index in [1.54, 1.807) is 18.2 Å². The molecule has 0 aliphatic rings. The Morgan fingerprint density at radius 2 is 1.90 bits per heavy atom. The largest absolute Gasteiger partial charge is 0.433 e. The van der Waals surface area contributed by atoms with Crippen molar-refractivity contribution in [3.05, 3.63) is 62.3 Å². The van der Waals surface area contributed by atoms with Crippen molar-refractivity contribution in [2.45, 2.75) is 19.2 Å². The van der Waals surface area contributed by atoms with Crippen molar-refractivity contribution in [2.24, 2.45) is 0 Å². The second-order valence-electron chi connectivity index (χ2n) is 4.49. The van der Waals surface area contributed by atoms with E-state index in [1.165, 1.54) is 0 Å². The molecule has 2 aromatic rings. The van der Waals surface area contributed by atoms with Crippen LogP contribution in [0.3, 0.4) is 0 Å². The van der Waals surface area contributed by atoms with Crippen LogP contribution >= 0.6 is 27.5 Å². The van der Waals surface area contributed by atoms with E-state index in [2.05, 4.69) is 20.9 Å². The highest BCUT2D eigenvalue weighted by Gasteiger charge is 2.33. The zero-order chi connectivity index (χ0) is 15.8. The van der Waals surface area contributed by atoms with Crippen molar-refractivity contribution in [1.82, 2.24) is 4.98 Å². The van der Waals surface area contributed by atoms with Crippen LogP contribution in [-0.4, -0.2) is 10.1 Å². The van der Waals surface area contributed by atoms with Gasteiger partial charge in [-0.1, -0.05) is 45.7 Å². The lowest BCUT2D eigenvalue weighted by atomic mass is 10.0. The number of benzene rings is 1. The van der Waals surface area contributed by atoms with Gasteiger partial charge in [0.2, 0.25) is 0 Å². The maximum absolute atomic E-state index is 12.5. The third kappa shape index (κ3) is 3.56. The van der Waals surface area contributed by atoms with Crippen LogP contribution in [-0.2, 0) is 6.18 Å². The Hall–Kier alpha value is -1.11.